The molecular formula is C15H14BrF2NO. The van der Waals surface area contributed by atoms with E-state index >= 15 is 0 Å². The molecule has 2 rings (SSSR count). The van der Waals surface area contributed by atoms with Crippen molar-refractivity contribution < 1.29 is 13.5 Å². The lowest BCUT2D eigenvalue weighted by molar-refractivity contribution is 0.340. The minimum absolute atomic E-state index is 0.150. The highest BCUT2D eigenvalue weighted by Crippen LogP contribution is 2.30. The molecule has 2 aromatic rings. The summed E-state index contributed by atoms with van der Waals surface area (Å²) in [5, 5.41) is 0. The van der Waals surface area contributed by atoms with Crippen LogP contribution in [0.1, 0.15) is 24.1 Å². The molecule has 0 heterocycles. The number of hydrogen-bond donors (Lipinski definition) is 1. The summed E-state index contributed by atoms with van der Waals surface area (Å²) in [7, 11) is 0. The SMILES string of the molecule is CCOc1ccc(C(N)c2c(F)ccc(Br)c2F)cc1. The summed E-state index contributed by atoms with van der Waals surface area (Å²) >= 11 is 3.04. The Balaban J connectivity index is 2.36. The molecule has 0 radical (unpaired) electrons. The van der Waals surface area contributed by atoms with Gasteiger partial charge in [0.15, 0.2) is 0 Å². The van der Waals surface area contributed by atoms with E-state index in [4.69, 9.17) is 10.5 Å². The van der Waals surface area contributed by atoms with Crippen molar-refractivity contribution in [3.8, 4) is 5.75 Å². The highest BCUT2D eigenvalue weighted by atomic mass is 79.9. The predicted octanol–water partition coefficient (Wildman–Crippen LogP) is 4.17. The first-order chi connectivity index (χ1) is 9.54. The first kappa shape index (κ1) is 14.9. The van der Waals surface area contributed by atoms with Crippen LogP contribution in [0, 0.1) is 11.6 Å². The smallest absolute Gasteiger partial charge is 0.145 e. The predicted molar refractivity (Wildman–Crippen MR) is 77.7 cm³/mol. The van der Waals surface area contributed by atoms with Crippen molar-refractivity contribution in [3.05, 3.63) is 63.6 Å². The monoisotopic (exact) mass is 341 g/mol. The molecule has 0 amide bonds. The zero-order valence-corrected chi connectivity index (χ0v) is 12.5. The fourth-order valence-corrected chi connectivity index (χ4v) is 2.28. The van der Waals surface area contributed by atoms with Crippen LogP contribution in [0.5, 0.6) is 5.75 Å². The Bertz CT molecular complexity index is 602. The summed E-state index contributed by atoms with van der Waals surface area (Å²) < 4.78 is 33.3. The average Bonchev–Trinajstić information content (AvgIpc) is 2.44. The van der Waals surface area contributed by atoms with Gasteiger partial charge in [0.2, 0.25) is 0 Å². The molecule has 0 spiro atoms. The topological polar surface area (TPSA) is 35.2 Å². The van der Waals surface area contributed by atoms with Gasteiger partial charge in [-0.15, -0.1) is 0 Å². The zero-order chi connectivity index (χ0) is 14.7. The van der Waals surface area contributed by atoms with Crippen LogP contribution in [0.3, 0.4) is 0 Å². The van der Waals surface area contributed by atoms with Gasteiger partial charge in [-0.05, 0) is 52.7 Å². The van der Waals surface area contributed by atoms with E-state index < -0.39 is 17.7 Å². The Labute approximate surface area is 124 Å². The van der Waals surface area contributed by atoms with Gasteiger partial charge in [0.25, 0.3) is 0 Å². The van der Waals surface area contributed by atoms with E-state index in [0.29, 0.717) is 17.9 Å². The summed E-state index contributed by atoms with van der Waals surface area (Å²) in [6, 6.07) is 8.50. The Hall–Kier alpha value is -1.46. The number of nitrogens with two attached hydrogens (primary N) is 1. The third kappa shape index (κ3) is 2.99. The maximum absolute atomic E-state index is 14.0. The molecule has 0 aromatic heterocycles. The fraction of sp³-hybridized carbons (Fsp3) is 0.200. The molecule has 20 heavy (non-hydrogen) atoms. The molecule has 1 atom stereocenters. The van der Waals surface area contributed by atoms with Gasteiger partial charge in [-0.3, -0.25) is 0 Å². The molecule has 2 N–H and O–H groups in total. The van der Waals surface area contributed by atoms with Crippen LogP contribution in [-0.2, 0) is 0 Å². The van der Waals surface area contributed by atoms with Gasteiger partial charge in [-0.2, -0.15) is 0 Å². The Morgan fingerprint density at radius 3 is 2.40 bits per heavy atom. The lowest BCUT2D eigenvalue weighted by Crippen LogP contribution is -2.16. The van der Waals surface area contributed by atoms with E-state index in [0.717, 1.165) is 0 Å². The summed E-state index contributed by atoms with van der Waals surface area (Å²) in [6.07, 6.45) is 0. The fourth-order valence-electron chi connectivity index (χ4n) is 1.93. The van der Waals surface area contributed by atoms with Crippen LogP contribution in [0.25, 0.3) is 0 Å². The van der Waals surface area contributed by atoms with Crippen LogP contribution >= 0.6 is 15.9 Å². The first-order valence-corrected chi connectivity index (χ1v) is 6.95. The van der Waals surface area contributed by atoms with Gasteiger partial charge in [0, 0.05) is 5.56 Å². The molecule has 5 heteroatoms. The largest absolute Gasteiger partial charge is 0.494 e. The normalized spacial score (nSPS) is 12.2. The lowest BCUT2D eigenvalue weighted by Gasteiger charge is -2.15. The Kier molecular flexibility index (Phi) is 4.73. The van der Waals surface area contributed by atoms with Crippen molar-refractivity contribution >= 4 is 15.9 Å². The summed E-state index contributed by atoms with van der Waals surface area (Å²) in [6.45, 7) is 2.44. The molecule has 2 nitrogen and oxygen atoms in total. The summed E-state index contributed by atoms with van der Waals surface area (Å²) in [4.78, 5) is 0. The van der Waals surface area contributed by atoms with Crippen molar-refractivity contribution in [2.24, 2.45) is 5.73 Å². The number of halogens is 3. The summed E-state index contributed by atoms with van der Waals surface area (Å²) in [5.74, 6) is -0.642. The Morgan fingerprint density at radius 2 is 1.80 bits per heavy atom. The standard InChI is InChI=1S/C15H14BrF2NO/c1-2-20-10-5-3-9(4-6-10)15(19)13-12(17)8-7-11(16)14(13)18/h3-8,15H,2,19H2,1H3. The van der Waals surface area contributed by atoms with Crippen LogP contribution in [0.2, 0.25) is 0 Å². The minimum Gasteiger partial charge on any atom is -0.494 e. The van der Waals surface area contributed by atoms with Gasteiger partial charge in [-0.25, -0.2) is 8.78 Å². The zero-order valence-electron chi connectivity index (χ0n) is 10.9. The van der Waals surface area contributed by atoms with Gasteiger partial charge in [0.1, 0.15) is 17.4 Å². The van der Waals surface area contributed by atoms with Crippen molar-refractivity contribution in [2.45, 2.75) is 13.0 Å². The number of ether oxygens (including phenoxy) is 1. The molecule has 106 valence electrons. The maximum atomic E-state index is 14.0. The molecule has 1 unspecified atom stereocenters. The Morgan fingerprint density at radius 1 is 1.15 bits per heavy atom. The highest BCUT2D eigenvalue weighted by molar-refractivity contribution is 9.10. The van der Waals surface area contributed by atoms with E-state index in [1.807, 2.05) is 6.92 Å². The second kappa shape index (κ2) is 6.33. The third-order valence-corrected chi connectivity index (χ3v) is 3.55. The summed E-state index contributed by atoms with van der Waals surface area (Å²) in [5.41, 5.74) is 6.43. The molecular weight excluding hydrogens is 328 g/mol. The highest BCUT2D eigenvalue weighted by Gasteiger charge is 2.20. The van der Waals surface area contributed by atoms with Crippen molar-refractivity contribution in [2.75, 3.05) is 6.61 Å². The van der Waals surface area contributed by atoms with Crippen LogP contribution in [0.15, 0.2) is 40.9 Å². The number of hydrogen-bond acceptors (Lipinski definition) is 2. The van der Waals surface area contributed by atoms with Gasteiger partial charge in [-0.1, -0.05) is 12.1 Å². The van der Waals surface area contributed by atoms with E-state index in [-0.39, 0.29) is 10.0 Å². The van der Waals surface area contributed by atoms with Gasteiger partial charge >= 0.3 is 0 Å². The second-order valence-corrected chi connectivity index (χ2v) is 5.09. The van der Waals surface area contributed by atoms with Crippen molar-refractivity contribution in [1.29, 1.82) is 0 Å². The second-order valence-electron chi connectivity index (χ2n) is 4.24. The van der Waals surface area contributed by atoms with Crippen LogP contribution in [-0.4, -0.2) is 6.61 Å². The van der Waals surface area contributed by atoms with E-state index in [1.54, 1.807) is 24.3 Å². The number of benzene rings is 2. The lowest BCUT2D eigenvalue weighted by atomic mass is 9.98. The van der Waals surface area contributed by atoms with Crippen LogP contribution in [0.4, 0.5) is 8.78 Å². The van der Waals surface area contributed by atoms with Crippen molar-refractivity contribution in [3.63, 3.8) is 0 Å². The average molecular weight is 342 g/mol. The molecule has 0 aliphatic rings. The van der Waals surface area contributed by atoms with Crippen molar-refractivity contribution in [1.82, 2.24) is 0 Å². The maximum Gasteiger partial charge on any atom is 0.145 e. The van der Waals surface area contributed by atoms with E-state index in [9.17, 15) is 8.78 Å². The molecule has 0 bridgehead atoms. The molecule has 2 aromatic carbocycles. The third-order valence-electron chi connectivity index (χ3n) is 2.94. The number of rotatable bonds is 4. The molecule has 0 aliphatic heterocycles. The van der Waals surface area contributed by atoms with E-state index in [2.05, 4.69) is 15.9 Å². The van der Waals surface area contributed by atoms with Crippen LogP contribution < -0.4 is 10.5 Å². The molecule has 0 saturated heterocycles. The molecule has 0 aliphatic carbocycles. The van der Waals surface area contributed by atoms with Gasteiger partial charge < -0.3 is 10.5 Å². The quantitative estimate of drug-likeness (QED) is 0.847. The first-order valence-electron chi connectivity index (χ1n) is 6.16. The molecule has 0 saturated carbocycles. The minimum atomic E-state index is -0.872. The van der Waals surface area contributed by atoms with Gasteiger partial charge in [0.05, 0.1) is 17.1 Å². The molecule has 0 fully saturated rings. The van der Waals surface area contributed by atoms with E-state index in [1.165, 1.54) is 12.1 Å².